The SMILES string of the molecule is CC(C)CN1CCN(S(=O)(=O)c2cn[nH]c2N)CC1. The Bertz CT molecular complexity index is 517. The molecular weight excluding hydrogens is 266 g/mol. The van der Waals surface area contributed by atoms with Crippen LogP contribution < -0.4 is 5.73 Å². The van der Waals surface area contributed by atoms with Crippen molar-refractivity contribution in [3.05, 3.63) is 6.20 Å². The molecule has 1 fully saturated rings. The van der Waals surface area contributed by atoms with Gasteiger partial charge in [0.25, 0.3) is 0 Å². The third kappa shape index (κ3) is 3.07. The zero-order valence-electron chi connectivity index (χ0n) is 11.3. The number of nitrogen functional groups attached to an aromatic ring is 1. The maximum Gasteiger partial charge on any atom is 0.248 e. The number of nitrogens with two attached hydrogens (primary N) is 1. The van der Waals surface area contributed by atoms with Crippen molar-refractivity contribution in [3.63, 3.8) is 0 Å². The molecule has 0 aliphatic carbocycles. The summed E-state index contributed by atoms with van der Waals surface area (Å²) in [5.41, 5.74) is 5.59. The van der Waals surface area contributed by atoms with E-state index in [1.807, 2.05) is 0 Å². The van der Waals surface area contributed by atoms with Gasteiger partial charge in [0.05, 0.1) is 6.20 Å². The minimum atomic E-state index is -3.51. The van der Waals surface area contributed by atoms with Gasteiger partial charge in [-0.2, -0.15) is 9.40 Å². The van der Waals surface area contributed by atoms with Crippen LogP contribution in [0.5, 0.6) is 0 Å². The summed E-state index contributed by atoms with van der Waals surface area (Å²) in [6.45, 7) is 7.84. The van der Waals surface area contributed by atoms with E-state index in [9.17, 15) is 8.42 Å². The van der Waals surface area contributed by atoms with Gasteiger partial charge >= 0.3 is 0 Å². The molecule has 7 nitrogen and oxygen atoms in total. The van der Waals surface area contributed by atoms with Crippen molar-refractivity contribution >= 4 is 15.8 Å². The van der Waals surface area contributed by atoms with Crippen LogP contribution in [0.25, 0.3) is 0 Å². The number of aromatic nitrogens is 2. The predicted molar refractivity (Wildman–Crippen MR) is 73.0 cm³/mol. The van der Waals surface area contributed by atoms with Gasteiger partial charge in [-0.3, -0.25) is 5.10 Å². The average molecular weight is 287 g/mol. The lowest BCUT2D eigenvalue weighted by Crippen LogP contribution is -2.49. The first kappa shape index (κ1) is 14.3. The molecule has 0 aromatic carbocycles. The second-order valence-corrected chi connectivity index (χ2v) is 7.15. The van der Waals surface area contributed by atoms with Crippen molar-refractivity contribution in [2.45, 2.75) is 18.7 Å². The molecule has 1 aromatic heterocycles. The fraction of sp³-hybridized carbons (Fsp3) is 0.727. The maximum absolute atomic E-state index is 12.4. The first-order valence-electron chi connectivity index (χ1n) is 6.42. The zero-order chi connectivity index (χ0) is 14.0. The Labute approximate surface area is 113 Å². The van der Waals surface area contributed by atoms with Crippen molar-refractivity contribution in [2.24, 2.45) is 5.92 Å². The quantitative estimate of drug-likeness (QED) is 0.810. The highest BCUT2D eigenvalue weighted by molar-refractivity contribution is 7.89. The molecule has 2 rings (SSSR count). The number of piperazine rings is 1. The standard InChI is InChI=1S/C11H21N5O2S/c1-9(2)8-15-3-5-16(6-4-15)19(17,18)10-7-13-14-11(10)12/h7,9H,3-6,8H2,1-2H3,(H3,12,13,14). The van der Waals surface area contributed by atoms with Crippen LogP contribution in [-0.2, 0) is 10.0 Å². The monoisotopic (exact) mass is 287 g/mol. The van der Waals surface area contributed by atoms with E-state index in [-0.39, 0.29) is 10.7 Å². The van der Waals surface area contributed by atoms with Crippen molar-refractivity contribution in [1.82, 2.24) is 19.4 Å². The van der Waals surface area contributed by atoms with E-state index in [0.29, 0.717) is 19.0 Å². The lowest BCUT2D eigenvalue weighted by molar-refractivity contribution is 0.172. The van der Waals surface area contributed by atoms with Crippen molar-refractivity contribution in [2.75, 3.05) is 38.5 Å². The second-order valence-electron chi connectivity index (χ2n) is 5.25. The number of rotatable bonds is 4. The minimum absolute atomic E-state index is 0.0739. The van der Waals surface area contributed by atoms with Crippen LogP contribution in [0.2, 0.25) is 0 Å². The van der Waals surface area contributed by atoms with E-state index in [2.05, 4.69) is 28.9 Å². The molecule has 0 unspecified atom stereocenters. The number of hydrogen-bond acceptors (Lipinski definition) is 5. The Kier molecular flexibility index (Phi) is 4.12. The van der Waals surface area contributed by atoms with Crippen LogP contribution in [0, 0.1) is 5.92 Å². The molecule has 1 saturated heterocycles. The average Bonchev–Trinajstić information content (AvgIpc) is 2.76. The molecule has 1 aliphatic rings. The van der Waals surface area contributed by atoms with Gasteiger partial charge in [-0.25, -0.2) is 8.42 Å². The molecule has 3 N–H and O–H groups in total. The molecule has 19 heavy (non-hydrogen) atoms. The predicted octanol–water partition coefficient (Wildman–Crippen LogP) is -0.0458. The minimum Gasteiger partial charge on any atom is -0.383 e. The number of nitrogens with zero attached hydrogens (tertiary/aromatic N) is 3. The molecular formula is C11H21N5O2S. The summed E-state index contributed by atoms with van der Waals surface area (Å²) in [6, 6.07) is 0. The lowest BCUT2D eigenvalue weighted by atomic mass is 10.2. The molecule has 1 aliphatic heterocycles. The molecule has 2 heterocycles. The molecule has 0 bridgehead atoms. The van der Waals surface area contributed by atoms with Crippen LogP contribution in [0.15, 0.2) is 11.1 Å². The zero-order valence-corrected chi connectivity index (χ0v) is 12.2. The second kappa shape index (κ2) is 5.48. The van der Waals surface area contributed by atoms with E-state index >= 15 is 0 Å². The summed E-state index contributed by atoms with van der Waals surface area (Å²) in [6.07, 6.45) is 1.27. The molecule has 8 heteroatoms. The van der Waals surface area contributed by atoms with E-state index in [0.717, 1.165) is 19.6 Å². The summed E-state index contributed by atoms with van der Waals surface area (Å²) in [5, 5.41) is 6.13. The Morgan fingerprint density at radius 2 is 2.00 bits per heavy atom. The first-order valence-corrected chi connectivity index (χ1v) is 7.86. The molecule has 1 aromatic rings. The smallest absolute Gasteiger partial charge is 0.248 e. The summed E-state index contributed by atoms with van der Waals surface area (Å²) < 4.78 is 26.2. The summed E-state index contributed by atoms with van der Waals surface area (Å²) in [7, 11) is -3.51. The Balaban J connectivity index is 2.04. The van der Waals surface area contributed by atoms with Crippen molar-refractivity contribution < 1.29 is 8.42 Å². The van der Waals surface area contributed by atoms with Crippen LogP contribution in [0.3, 0.4) is 0 Å². The highest BCUT2D eigenvalue weighted by atomic mass is 32.2. The summed E-state index contributed by atoms with van der Waals surface area (Å²) >= 11 is 0. The molecule has 0 saturated carbocycles. The van der Waals surface area contributed by atoms with Crippen LogP contribution >= 0.6 is 0 Å². The van der Waals surface area contributed by atoms with E-state index < -0.39 is 10.0 Å². The number of nitrogens with one attached hydrogen (secondary N) is 1. The Morgan fingerprint density at radius 1 is 1.37 bits per heavy atom. The highest BCUT2D eigenvalue weighted by Crippen LogP contribution is 2.21. The summed E-state index contributed by atoms with van der Waals surface area (Å²) in [4.78, 5) is 2.36. The highest BCUT2D eigenvalue weighted by Gasteiger charge is 2.30. The van der Waals surface area contributed by atoms with E-state index in [1.165, 1.54) is 10.5 Å². The Morgan fingerprint density at radius 3 is 2.47 bits per heavy atom. The first-order chi connectivity index (χ1) is 8.91. The lowest BCUT2D eigenvalue weighted by Gasteiger charge is -2.34. The number of hydrogen-bond donors (Lipinski definition) is 2. The van der Waals surface area contributed by atoms with Gasteiger partial charge in [-0.05, 0) is 5.92 Å². The van der Waals surface area contributed by atoms with Gasteiger partial charge < -0.3 is 10.6 Å². The fourth-order valence-electron chi connectivity index (χ4n) is 2.30. The van der Waals surface area contributed by atoms with Gasteiger partial charge in [-0.1, -0.05) is 13.8 Å². The number of H-pyrrole nitrogens is 1. The molecule has 0 atom stereocenters. The van der Waals surface area contributed by atoms with Crippen LogP contribution in [0.4, 0.5) is 5.82 Å². The molecule has 0 radical (unpaired) electrons. The fourth-order valence-corrected chi connectivity index (χ4v) is 3.73. The normalized spacial score (nSPS) is 19.1. The Hall–Kier alpha value is -1.12. The van der Waals surface area contributed by atoms with Crippen molar-refractivity contribution in [3.8, 4) is 0 Å². The van der Waals surface area contributed by atoms with Crippen LogP contribution in [0.1, 0.15) is 13.8 Å². The number of anilines is 1. The molecule has 0 spiro atoms. The van der Waals surface area contributed by atoms with Gasteiger partial charge in [0.15, 0.2) is 0 Å². The van der Waals surface area contributed by atoms with Crippen molar-refractivity contribution in [1.29, 1.82) is 0 Å². The third-order valence-corrected chi connectivity index (χ3v) is 5.13. The third-order valence-electron chi connectivity index (χ3n) is 3.20. The molecule has 0 amide bonds. The topological polar surface area (TPSA) is 95.3 Å². The van der Waals surface area contributed by atoms with Gasteiger partial charge in [0.1, 0.15) is 10.7 Å². The van der Waals surface area contributed by atoms with Gasteiger partial charge in [0.2, 0.25) is 10.0 Å². The molecule has 108 valence electrons. The van der Waals surface area contributed by atoms with E-state index in [1.54, 1.807) is 0 Å². The maximum atomic E-state index is 12.4. The van der Waals surface area contributed by atoms with E-state index in [4.69, 9.17) is 5.73 Å². The van der Waals surface area contributed by atoms with Gasteiger partial charge in [0, 0.05) is 32.7 Å². The number of aromatic amines is 1. The summed E-state index contributed by atoms with van der Waals surface area (Å²) in [5.74, 6) is 0.692. The van der Waals surface area contributed by atoms with Gasteiger partial charge in [-0.15, -0.1) is 0 Å². The largest absolute Gasteiger partial charge is 0.383 e. The van der Waals surface area contributed by atoms with Crippen LogP contribution in [-0.4, -0.2) is 60.5 Å². The number of sulfonamides is 1.